The Morgan fingerprint density at radius 1 is 0.303 bits per heavy atom. The zero-order chi connectivity index (χ0) is 45.1. The summed E-state index contributed by atoms with van der Waals surface area (Å²) < 4.78 is 48.8. The smallest absolute Gasteiger partial charge is 0.203 e. The molecule has 10 nitrogen and oxygen atoms in total. The van der Waals surface area contributed by atoms with E-state index in [0.29, 0.717) is 34.5 Å². The van der Waals surface area contributed by atoms with Crippen molar-refractivity contribution in [1.82, 2.24) is 0 Å². The number of hydrogen-bond acceptors (Lipinski definition) is 10. The lowest BCUT2D eigenvalue weighted by Crippen LogP contribution is -2.11. The molecule has 0 fully saturated rings. The minimum absolute atomic E-state index is 0.513. The van der Waals surface area contributed by atoms with E-state index in [2.05, 4.69) is 94.7 Å². The Balaban J connectivity index is 1.20. The molecule has 0 atom stereocenters. The molecule has 11 aromatic rings. The molecule has 0 bridgehead atoms. The first-order valence-corrected chi connectivity index (χ1v) is 21.4. The van der Waals surface area contributed by atoms with Crippen LogP contribution in [0.15, 0.2) is 167 Å². The Bertz CT molecular complexity index is 3350. The van der Waals surface area contributed by atoms with Gasteiger partial charge in [0.2, 0.25) is 11.5 Å². The first kappa shape index (κ1) is 40.3. The Labute approximate surface area is 380 Å². The number of hydrogen-bond donors (Lipinski definition) is 0. The maximum absolute atomic E-state index is 6.95. The van der Waals surface area contributed by atoms with Crippen molar-refractivity contribution in [3.05, 3.63) is 158 Å². The monoisotopic (exact) mass is 872 g/mol. The molecule has 326 valence electrons. The molecule has 2 heterocycles. The van der Waals surface area contributed by atoms with Crippen molar-refractivity contribution in [2.24, 2.45) is 0 Å². The van der Waals surface area contributed by atoms with Crippen molar-refractivity contribution < 1.29 is 37.3 Å². The SMILES string of the molecule is COc1cc(N(c2ccccc2)c2cc3oc4ccc5oc6cc(N(c7ccccc7)c7cc(OC)c(OC)c(OC)c7)c7ccccc7c6c5c4c3c3ccccc23)cc(OC)c1OC. The van der Waals surface area contributed by atoms with Gasteiger partial charge in [0.1, 0.15) is 22.3 Å². The topological polar surface area (TPSA) is 88.1 Å². The fraction of sp³-hybridized carbons (Fsp3) is 0.107. The summed E-state index contributed by atoms with van der Waals surface area (Å²) in [6.07, 6.45) is 0. The van der Waals surface area contributed by atoms with E-state index in [1.165, 1.54) is 0 Å². The minimum atomic E-state index is 0.513. The van der Waals surface area contributed by atoms with Crippen LogP contribution in [0.25, 0.3) is 65.4 Å². The van der Waals surface area contributed by atoms with Crippen LogP contribution in [0.5, 0.6) is 34.5 Å². The highest BCUT2D eigenvalue weighted by molar-refractivity contribution is 6.35. The van der Waals surface area contributed by atoms with Crippen LogP contribution in [-0.4, -0.2) is 42.7 Å². The van der Waals surface area contributed by atoms with Crippen LogP contribution in [0.4, 0.5) is 34.1 Å². The van der Waals surface area contributed by atoms with Crippen LogP contribution in [0.3, 0.4) is 0 Å². The zero-order valence-electron chi connectivity index (χ0n) is 37.2. The van der Waals surface area contributed by atoms with Gasteiger partial charge in [0.15, 0.2) is 23.0 Å². The van der Waals surface area contributed by atoms with E-state index >= 15 is 0 Å². The summed E-state index contributed by atoms with van der Waals surface area (Å²) in [5.41, 5.74) is 8.29. The summed E-state index contributed by atoms with van der Waals surface area (Å²) >= 11 is 0. The molecule has 10 heteroatoms. The van der Waals surface area contributed by atoms with Gasteiger partial charge in [0.25, 0.3) is 0 Å². The Kier molecular flexibility index (Phi) is 9.92. The molecule has 0 unspecified atom stereocenters. The molecular weight excluding hydrogens is 829 g/mol. The first-order chi connectivity index (χ1) is 32.5. The number of furan rings is 2. The van der Waals surface area contributed by atoms with Crippen molar-refractivity contribution in [3.63, 3.8) is 0 Å². The van der Waals surface area contributed by atoms with E-state index in [1.54, 1.807) is 42.7 Å². The quantitative estimate of drug-likeness (QED) is 0.118. The van der Waals surface area contributed by atoms with Gasteiger partial charge in [-0.2, -0.15) is 0 Å². The van der Waals surface area contributed by atoms with Gasteiger partial charge in [-0.25, -0.2) is 0 Å². The summed E-state index contributed by atoms with van der Waals surface area (Å²) in [7, 11) is 9.73. The van der Waals surface area contributed by atoms with E-state index in [0.717, 1.165) is 99.5 Å². The Hall–Kier alpha value is -8.50. The summed E-state index contributed by atoms with van der Waals surface area (Å²) in [4.78, 5) is 4.40. The molecule has 0 amide bonds. The van der Waals surface area contributed by atoms with Crippen molar-refractivity contribution in [3.8, 4) is 34.5 Å². The molecule has 66 heavy (non-hydrogen) atoms. The van der Waals surface area contributed by atoms with E-state index in [4.69, 9.17) is 37.3 Å². The summed E-state index contributed by atoms with van der Waals surface area (Å²) in [6.45, 7) is 0. The van der Waals surface area contributed by atoms with E-state index in [-0.39, 0.29) is 0 Å². The average molecular weight is 873 g/mol. The fourth-order valence-electron chi connectivity index (χ4n) is 9.58. The van der Waals surface area contributed by atoms with Crippen LogP contribution in [0.2, 0.25) is 0 Å². The van der Waals surface area contributed by atoms with Gasteiger partial charge in [-0.15, -0.1) is 0 Å². The van der Waals surface area contributed by atoms with E-state index < -0.39 is 0 Å². The van der Waals surface area contributed by atoms with E-state index in [1.807, 2.05) is 72.8 Å². The van der Waals surface area contributed by atoms with Crippen LogP contribution in [0.1, 0.15) is 0 Å². The van der Waals surface area contributed by atoms with Crippen molar-refractivity contribution in [1.29, 1.82) is 0 Å². The third kappa shape index (κ3) is 6.24. The number of fused-ring (bicyclic) bond motifs is 11. The molecule has 9 aromatic carbocycles. The third-order valence-corrected chi connectivity index (χ3v) is 12.4. The van der Waals surface area contributed by atoms with Crippen molar-refractivity contribution in [2.75, 3.05) is 52.5 Å². The second-order valence-electron chi connectivity index (χ2n) is 15.8. The summed E-state index contributed by atoms with van der Waals surface area (Å²) in [6, 6.07) is 53.6. The average Bonchev–Trinajstić information content (AvgIpc) is 3.95. The molecular formula is C56H44N2O8. The normalized spacial score (nSPS) is 11.5. The second kappa shape index (κ2) is 16.2. The van der Waals surface area contributed by atoms with Crippen LogP contribution < -0.4 is 38.2 Å². The van der Waals surface area contributed by atoms with Gasteiger partial charge in [0.05, 0.1) is 65.4 Å². The lowest BCUT2D eigenvalue weighted by Gasteiger charge is -2.28. The zero-order valence-corrected chi connectivity index (χ0v) is 37.2. The molecule has 0 aliphatic rings. The number of benzene rings is 9. The molecule has 0 saturated heterocycles. The molecule has 11 rings (SSSR count). The third-order valence-electron chi connectivity index (χ3n) is 12.4. The predicted octanol–water partition coefficient (Wildman–Crippen LogP) is 14.8. The van der Waals surface area contributed by atoms with Gasteiger partial charge < -0.3 is 47.1 Å². The van der Waals surface area contributed by atoms with Crippen LogP contribution >= 0.6 is 0 Å². The van der Waals surface area contributed by atoms with Crippen LogP contribution in [-0.2, 0) is 0 Å². The summed E-state index contributed by atoms with van der Waals surface area (Å²) in [5.74, 6) is 3.20. The highest BCUT2D eigenvalue weighted by Crippen LogP contribution is 2.52. The number of para-hydroxylation sites is 2. The molecule has 0 N–H and O–H groups in total. The minimum Gasteiger partial charge on any atom is -0.493 e. The lowest BCUT2D eigenvalue weighted by molar-refractivity contribution is 0.324. The lowest BCUT2D eigenvalue weighted by atomic mass is 9.96. The number of rotatable bonds is 12. The number of ether oxygens (including phenoxy) is 6. The number of anilines is 6. The van der Waals surface area contributed by atoms with Gasteiger partial charge in [-0.05, 0) is 47.2 Å². The highest BCUT2D eigenvalue weighted by Gasteiger charge is 2.27. The molecule has 0 saturated carbocycles. The Morgan fingerprint density at radius 3 is 0.970 bits per heavy atom. The maximum Gasteiger partial charge on any atom is 0.203 e. The number of methoxy groups -OCH3 is 6. The van der Waals surface area contributed by atoms with E-state index in [9.17, 15) is 0 Å². The molecule has 0 aliphatic heterocycles. The molecule has 0 spiro atoms. The summed E-state index contributed by atoms with van der Waals surface area (Å²) in [5, 5.41) is 8.03. The standard InChI is InChI=1S/C56H44N2O8/c1-59-47-27-35(28-48(60-2)55(47)63-5)57(33-17-9-7-10-18-33)41-31-45-51(39-23-15-13-21-37(39)41)53-43(65-45)25-26-44-54(53)52-40-24-16-14-22-38(40)42(32-46(52)66-44)58(34-19-11-8-12-20-34)36-29-49(61-3)56(64-6)50(30-36)62-4/h7-32H,1-6H3. The van der Waals surface area contributed by atoms with Crippen LogP contribution in [0, 0.1) is 0 Å². The first-order valence-electron chi connectivity index (χ1n) is 21.4. The van der Waals surface area contributed by atoms with Gasteiger partial charge in [-0.1, -0.05) is 84.9 Å². The Morgan fingerprint density at radius 2 is 0.636 bits per heavy atom. The molecule has 0 aliphatic carbocycles. The van der Waals surface area contributed by atoms with Crippen molar-refractivity contribution >= 4 is 99.5 Å². The van der Waals surface area contributed by atoms with Gasteiger partial charge in [0, 0.05) is 80.1 Å². The second-order valence-corrected chi connectivity index (χ2v) is 15.8. The number of nitrogens with zero attached hydrogens (tertiary/aromatic N) is 2. The molecule has 0 radical (unpaired) electrons. The maximum atomic E-state index is 6.95. The predicted molar refractivity (Wildman–Crippen MR) is 265 cm³/mol. The highest BCUT2D eigenvalue weighted by atomic mass is 16.5. The van der Waals surface area contributed by atoms with Gasteiger partial charge >= 0.3 is 0 Å². The van der Waals surface area contributed by atoms with Gasteiger partial charge in [-0.3, -0.25) is 0 Å². The van der Waals surface area contributed by atoms with Crippen molar-refractivity contribution in [2.45, 2.75) is 0 Å². The molecule has 2 aromatic heterocycles. The largest absolute Gasteiger partial charge is 0.493 e. The fourth-order valence-corrected chi connectivity index (χ4v) is 9.58.